The molecule has 1 spiro atoms. The van der Waals surface area contributed by atoms with Crippen LogP contribution in [-0.2, 0) is 16.6 Å². The Bertz CT molecular complexity index is 865. The molecule has 0 saturated carbocycles. The number of carbonyl (C=O) groups is 1. The number of piperidine rings is 1. The van der Waals surface area contributed by atoms with Gasteiger partial charge in [-0.1, -0.05) is 32.1 Å². The van der Waals surface area contributed by atoms with Crippen LogP contribution in [0.1, 0.15) is 31.4 Å². The van der Waals surface area contributed by atoms with E-state index in [1.54, 1.807) is 0 Å². The normalized spacial score (nSPS) is 36.0. The Morgan fingerprint density at radius 3 is 2.86 bits per heavy atom. The lowest BCUT2D eigenvalue weighted by molar-refractivity contribution is -0.147. The van der Waals surface area contributed by atoms with Gasteiger partial charge in [0.25, 0.3) is 0 Å². The number of rotatable bonds is 4. The third kappa shape index (κ3) is 2.19. The van der Waals surface area contributed by atoms with E-state index in [9.17, 15) is 15.0 Å². The van der Waals surface area contributed by atoms with Gasteiger partial charge in [0.15, 0.2) is 17.6 Å². The van der Waals surface area contributed by atoms with E-state index in [2.05, 4.69) is 24.1 Å². The fourth-order valence-corrected chi connectivity index (χ4v) is 5.93. The van der Waals surface area contributed by atoms with E-state index in [0.29, 0.717) is 17.5 Å². The molecule has 2 aliphatic carbocycles. The number of carboxylic acids is 1. The van der Waals surface area contributed by atoms with Crippen LogP contribution in [-0.4, -0.2) is 59.0 Å². The van der Waals surface area contributed by atoms with Crippen molar-refractivity contribution in [1.82, 2.24) is 4.90 Å². The molecule has 28 heavy (non-hydrogen) atoms. The minimum atomic E-state index is -0.979. The number of aliphatic hydroxyl groups is 1. The highest BCUT2D eigenvalue weighted by Gasteiger charge is 2.64. The van der Waals surface area contributed by atoms with E-state index in [0.717, 1.165) is 24.9 Å². The molecule has 4 aliphatic rings. The molecule has 2 N–H and O–H groups in total. The summed E-state index contributed by atoms with van der Waals surface area (Å²) < 4.78 is 12.3. The summed E-state index contributed by atoms with van der Waals surface area (Å²) >= 11 is 0. The SMILES string of the molecule is CC(C)C(Oc1ccc2c3c1O[C@H]1[C@@H](O)C=C[C@H]4[C@@H](C2)N(C)CC[C@@]341)C(=O)O. The molecule has 6 heteroatoms. The summed E-state index contributed by atoms with van der Waals surface area (Å²) in [7, 11) is 2.17. The van der Waals surface area contributed by atoms with Gasteiger partial charge in [0.1, 0.15) is 12.2 Å². The molecule has 0 aromatic heterocycles. The number of carboxylic acid groups (broad SMARTS) is 1. The van der Waals surface area contributed by atoms with Crippen LogP contribution >= 0.6 is 0 Å². The van der Waals surface area contributed by atoms with Crippen molar-refractivity contribution >= 4 is 5.97 Å². The summed E-state index contributed by atoms with van der Waals surface area (Å²) in [5, 5.41) is 20.3. The van der Waals surface area contributed by atoms with Crippen molar-refractivity contribution in [3.8, 4) is 11.5 Å². The van der Waals surface area contributed by atoms with E-state index in [1.807, 2.05) is 26.0 Å². The van der Waals surface area contributed by atoms with Crippen molar-refractivity contribution < 1.29 is 24.5 Å². The molecule has 0 amide bonds. The molecule has 1 fully saturated rings. The molecular formula is C22H27NO5. The molecule has 150 valence electrons. The maximum absolute atomic E-state index is 11.7. The zero-order valence-corrected chi connectivity index (χ0v) is 16.5. The topological polar surface area (TPSA) is 79.2 Å². The van der Waals surface area contributed by atoms with Gasteiger partial charge in [0, 0.05) is 28.9 Å². The Hall–Kier alpha value is -2.05. The molecule has 6 atom stereocenters. The molecule has 1 aromatic rings. The fourth-order valence-electron chi connectivity index (χ4n) is 5.93. The highest BCUT2D eigenvalue weighted by Crippen LogP contribution is 2.62. The molecule has 2 aliphatic heterocycles. The summed E-state index contributed by atoms with van der Waals surface area (Å²) in [6.45, 7) is 4.62. The second kappa shape index (κ2) is 5.97. The Morgan fingerprint density at radius 1 is 1.36 bits per heavy atom. The number of nitrogens with zero attached hydrogens (tertiary/aromatic N) is 1. The number of likely N-dealkylation sites (N-methyl/N-ethyl adjacent to an activating group) is 1. The average Bonchev–Trinajstić information content (AvgIpc) is 3.00. The van der Waals surface area contributed by atoms with Gasteiger partial charge in [-0.05, 0) is 38.1 Å². The summed E-state index contributed by atoms with van der Waals surface area (Å²) in [6, 6.07) is 4.29. The number of aliphatic hydroxyl groups excluding tert-OH is 1. The smallest absolute Gasteiger partial charge is 0.345 e. The fraction of sp³-hybridized carbons (Fsp3) is 0.591. The van der Waals surface area contributed by atoms with Gasteiger partial charge >= 0.3 is 5.97 Å². The van der Waals surface area contributed by atoms with Crippen molar-refractivity contribution in [2.24, 2.45) is 11.8 Å². The molecular weight excluding hydrogens is 358 g/mol. The van der Waals surface area contributed by atoms with Crippen molar-refractivity contribution in [2.45, 2.75) is 56.5 Å². The van der Waals surface area contributed by atoms with Crippen LogP contribution in [0.2, 0.25) is 0 Å². The first-order valence-electron chi connectivity index (χ1n) is 10.1. The summed E-state index contributed by atoms with van der Waals surface area (Å²) in [5.41, 5.74) is 2.11. The number of aliphatic carboxylic acids is 1. The lowest BCUT2D eigenvalue weighted by atomic mass is 9.53. The number of hydrogen-bond donors (Lipinski definition) is 2. The van der Waals surface area contributed by atoms with Crippen LogP contribution < -0.4 is 9.47 Å². The maximum Gasteiger partial charge on any atom is 0.345 e. The maximum atomic E-state index is 11.7. The summed E-state index contributed by atoms with van der Waals surface area (Å²) in [5.74, 6) is 0.254. The quantitative estimate of drug-likeness (QED) is 0.772. The van der Waals surface area contributed by atoms with Gasteiger partial charge in [0.05, 0.1) is 0 Å². The first kappa shape index (κ1) is 18.0. The molecule has 1 saturated heterocycles. The second-order valence-electron chi connectivity index (χ2n) is 9.03. The second-order valence-corrected chi connectivity index (χ2v) is 9.03. The third-order valence-electron chi connectivity index (χ3n) is 7.24. The molecule has 0 radical (unpaired) electrons. The van der Waals surface area contributed by atoms with Crippen LogP contribution in [0, 0.1) is 11.8 Å². The molecule has 1 unspecified atom stereocenters. The minimum Gasteiger partial charge on any atom is -0.482 e. The molecule has 5 rings (SSSR count). The van der Waals surface area contributed by atoms with Gasteiger partial charge in [-0.3, -0.25) is 0 Å². The zero-order valence-electron chi connectivity index (χ0n) is 16.5. The average molecular weight is 385 g/mol. The lowest BCUT2D eigenvalue weighted by Gasteiger charge is -2.56. The van der Waals surface area contributed by atoms with Gasteiger partial charge in [0.2, 0.25) is 0 Å². The van der Waals surface area contributed by atoms with Crippen LogP contribution in [0.4, 0.5) is 0 Å². The van der Waals surface area contributed by atoms with Crippen LogP contribution in [0.25, 0.3) is 0 Å². The number of benzene rings is 1. The Balaban J connectivity index is 1.66. The highest BCUT2D eigenvalue weighted by molar-refractivity contribution is 5.73. The van der Waals surface area contributed by atoms with Gasteiger partial charge in [-0.15, -0.1) is 0 Å². The first-order chi connectivity index (χ1) is 13.3. The number of likely N-dealkylation sites (tertiary alicyclic amines) is 1. The van der Waals surface area contributed by atoms with Crippen LogP contribution in [0.3, 0.4) is 0 Å². The van der Waals surface area contributed by atoms with Crippen LogP contribution in [0.15, 0.2) is 24.3 Å². The number of ether oxygens (including phenoxy) is 2. The van der Waals surface area contributed by atoms with Crippen LogP contribution in [0.5, 0.6) is 11.5 Å². The van der Waals surface area contributed by atoms with Gasteiger partial charge in [-0.25, -0.2) is 4.79 Å². The molecule has 2 bridgehead atoms. The van der Waals surface area contributed by atoms with E-state index in [1.165, 1.54) is 5.56 Å². The summed E-state index contributed by atoms with van der Waals surface area (Å²) in [6.07, 6.45) is 3.91. The first-order valence-corrected chi connectivity index (χ1v) is 10.1. The predicted octanol–water partition coefficient (Wildman–Crippen LogP) is 1.98. The van der Waals surface area contributed by atoms with E-state index >= 15 is 0 Å². The largest absolute Gasteiger partial charge is 0.482 e. The van der Waals surface area contributed by atoms with E-state index in [4.69, 9.17) is 9.47 Å². The molecule has 1 aromatic carbocycles. The lowest BCUT2D eigenvalue weighted by Crippen LogP contribution is -2.64. The number of hydrogen-bond acceptors (Lipinski definition) is 5. The van der Waals surface area contributed by atoms with Gasteiger partial charge < -0.3 is 24.6 Å². The predicted molar refractivity (Wildman–Crippen MR) is 103 cm³/mol. The van der Waals surface area contributed by atoms with Crippen molar-refractivity contribution in [3.63, 3.8) is 0 Å². The molecule has 6 nitrogen and oxygen atoms in total. The molecule has 2 heterocycles. The minimum absolute atomic E-state index is 0.171. The Kier molecular flexibility index (Phi) is 3.84. The zero-order chi connectivity index (χ0) is 19.8. The van der Waals surface area contributed by atoms with E-state index < -0.39 is 18.2 Å². The monoisotopic (exact) mass is 385 g/mol. The highest BCUT2D eigenvalue weighted by atomic mass is 16.6. The van der Waals surface area contributed by atoms with Gasteiger partial charge in [-0.2, -0.15) is 0 Å². The Morgan fingerprint density at radius 2 is 2.14 bits per heavy atom. The van der Waals surface area contributed by atoms with Crippen molar-refractivity contribution in [2.75, 3.05) is 13.6 Å². The van der Waals surface area contributed by atoms with E-state index in [-0.39, 0.29) is 23.4 Å². The Labute approximate surface area is 164 Å². The van der Waals surface area contributed by atoms with Crippen molar-refractivity contribution in [1.29, 1.82) is 0 Å². The third-order valence-corrected chi connectivity index (χ3v) is 7.24. The standard InChI is InChI=1S/C22H27NO5/c1-11(2)18(21(25)26)27-16-7-4-12-10-14-13-5-6-15(24)20-22(13,8-9-23(14)3)17(12)19(16)28-20/h4-7,11,13-15,18,20,24H,8-10H2,1-3H3,(H,25,26)/t13-,14+,15-,18?,20-,22-/m0/s1. The van der Waals surface area contributed by atoms with Crippen molar-refractivity contribution in [3.05, 3.63) is 35.4 Å². The summed E-state index contributed by atoms with van der Waals surface area (Å²) in [4.78, 5) is 14.1.